The molecule has 22 heavy (non-hydrogen) atoms. The maximum atomic E-state index is 12.4. The summed E-state index contributed by atoms with van der Waals surface area (Å²) in [5, 5.41) is 3.12. The van der Waals surface area contributed by atoms with Crippen LogP contribution in [0.1, 0.15) is 43.2 Å². The lowest BCUT2D eigenvalue weighted by atomic mass is 10.1. The fourth-order valence-electron chi connectivity index (χ4n) is 3.53. The van der Waals surface area contributed by atoms with Crippen LogP contribution in [0.25, 0.3) is 0 Å². The molecule has 1 saturated carbocycles. The summed E-state index contributed by atoms with van der Waals surface area (Å²) in [7, 11) is 0. The molecule has 1 unspecified atom stereocenters. The highest BCUT2D eigenvalue weighted by atomic mass is 16.2. The molecule has 1 aromatic rings. The standard InChI is InChI=1S/C18H24N2O2/c1-12-6-5-9-16(13(12)2)20-11-14(10-17(20)21)18(22)19-15-7-3-4-8-15/h5-6,9,14-15H,3-4,7-8,10-11H2,1-2H3,(H,19,22). The van der Waals surface area contributed by atoms with E-state index in [0.717, 1.165) is 24.1 Å². The quantitative estimate of drug-likeness (QED) is 0.933. The number of aryl methyl sites for hydroxylation is 1. The third-order valence-corrected chi connectivity index (χ3v) is 5.06. The second kappa shape index (κ2) is 6.11. The first-order valence-corrected chi connectivity index (χ1v) is 8.23. The highest BCUT2D eigenvalue weighted by Gasteiger charge is 2.36. The normalized spacial score (nSPS) is 22.4. The molecule has 4 nitrogen and oxygen atoms in total. The van der Waals surface area contributed by atoms with E-state index in [9.17, 15) is 9.59 Å². The number of nitrogens with zero attached hydrogens (tertiary/aromatic N) is 1. The topological polar surface area (TPSA) is 49.4 Å². The fraction of sp³-hybridized carbons (Fsp3) is 0.556. The molecule has 118 valence electrons. The van der Waals surface area contributed by atoms with Crippen molar-refractivity contribution in [1.82, 2.24) is 5.32 Å². The Kier molecular flexibility index (Phi) is 4.19. The minimum absolute atomic E-state index is 0.0491. The Morgan fingerprint density at radius 1 is 1.23 bits per heavy atom. The Bertz CT molecular complexity index is 591. The number of rotatable bonds is 3. The predicted octanol–water partition coefficient (Wildman–Crippen LogP) is 2.72. The highest BCUT2D eigenvalue weighted by molar-refractivity contribution is 6.00. The van der Waals surface area contributed by atoms with Crippen LogP contribution in [0.5, 0.6) is 0 Å². The summed E-state index contributed by atoms with van der Waals surface area (Å²) in [6, 6.07) is 6.30. The van der Waals surface area contributed by atoms with E-state index in [4.69, 9.17) is 0 Å². The SMILES string of the molecule is Cc1cccc(N2CC(C(=O)NC3CCCC3)CC2=O)c1C. The number of benzene rings is 1. The van der Waals surface area contributed by atoms with E-state index in [0.29, 0.717) is 19.0 Å². The average Bonchev–Trinajstić information content (AvgIpc) is 3.12. The minimum atomic E-state index is -0.215. The number of hydrogen-bond acceptors (Lipinski definition) is 2. The van der Waals surface area contributed by atoms with Gasteiger partial charge < -0.3 is 10.2 Å². The Morgan fingerprint density at radius 3 is 2.68 bits per heavy atom. The van der Waals surface area contributed by atoms with Gasteiger partial charge in [0.2, 0.25) is 11.8 Å². The van der Waals surface area contributed by atoms with Crippen LogP contribution in [0.2, 0.25) is 0 Å². The average molecular weight is 300 g/mol. The smallest absolute Gasteiger partial charge is 0.227 e. The van der Waals surface area contributed by atoms with Crippen molar-refractivity contribution in [3.05, 3.63) is 29.3 Å². The molecule has 2 aliphatic rings. The van der Waals surface area contributed by atoms with E-state index in [1.807, 2.05) is 32.0 Å². The molecule has 4 heteroatoms. The van der Waals surface area contributed by atoms with E-state index in [1.165, 1.54) is 18.4 Å². The fourth-order valence-corrected chi connectivity index (χ4v) is 3.53. The summed E-state index contributed by atoms with van der Waals surface area (Å²) in [5.74, 6) is -0.110. The molecule has 1 saturated heterocycles. The molecule has 0 spiro atoms. The van der Waals surface area contributed by atoms with Crippen molar-refractivity contribution in [3.63, 3.8) is 0 Å². The van der Waals surface area contributed by atoms with Crippen LogP contribution in [0.3, 0.4) is 0 Å². The summed E-state index contributed by atoms with van der Waals surface area (Å²) < 4.78 is 0. The minimum Gasteiger partial charge on any atom is -0.353 e. The van der Waals surface area contributed by atoms with Gasteiger partial charge in [-0.25, -0.2) is 0 Å². The number of carbonyl (C=O) groups excluding carboxylic acids is 2. The Balaban J connectivity index is 1.70. The first kappa shape index (κ1) is 15.1. The molecule has 3 rings (SSSR count). The summed E-state index contributed by atoms with van der Waals surface area (Å²) in [5.41, 5.74) is 3.23. The second-order valence-electron chi connectivity index (χ2n) is 6.61. The molecule has 0 bridgehead atoms. The molecule has 2 fully saturated rings. The van der Waals surface area contributed by atoms with Crippen LogP contribution in [0.15, 0.2) is 18.2 Å². The van der Waals surface area contributed by atoms with Gasteiger partial charge in [-0.05, 0) is 43.9 Å². The number of hydrogen-bond donors (Lipinski definition) is 1. The molecule has 1 heterocycles. The third kappa shape index (κ3) is 2.87. The zero-order valence-corrected chi connectivity index (χ0v) is 13.4. The van der Waals surface area contributed by atoms with Crippen LogP contribution < -0.4 is 10.2 Å². The van der Waals surface area contributed by atoms with Crippen LogP contribution >= 0.6 is 0 Å². The first-order chi connectivity index (χ1) is 10.6. The van der Waals surface area contributed by atoms with Gasteiger partial charge in [0, 0.05) is 24.7 Å². The molecule has 1 aliphatic carbocycles. The van der Waals surface area contributed by atoms with Crippen LogP contribution in [0.4, 0.5) is 5.69 Å². The van der Waals surface area contributed by atoms with Crippen molar-refractivity contribution < 1.29 is 9.59 Å². The van der Waals surface area contributed by atoms with Gasteiger partial charge in [-0.3, -0.25) is 9.59 Å². The van der Waals surface area contributed by atoms with Crippen molar-refractivity contribution in [2.24, 2.45) is 5.92 Å². The highest BCUT2D eigenvalue weighted by Crippen LogP contribution is 2.29. The molecule has 2 amide bonds. The predicted molar refractivity (Wildman–Crippen MR) is 86.8 cm³/mol. The molecular formula is C18H24N2O2. The van der Waals surface area contributed by atoms with Crippen LogP contribution in [-0.2, 0) is 9.59 Å². The first-order valence-electron chi connectivity index (χ1n) is 8.23. The number of nitrogens with one attached hydrogen (secondary N) is 1. The maximum absolute atomic E-state index is 12.4. The monoisotopic (exact) mass is 300 g/mol. The van der Waals surface area contributed by atoms with E-state index in [-0.39, 0.29) is 17.7 Å². The summed E-state index contributed by atoms with van der Waals surface area (Å²) in [6.45, 7) is 4.58. The number of amides is 2. The van der Waals surface area contributed by atoms with Gasteiger partial charge in [0.15, 0.2) is 0 Å². The van der Waals surface area contributed by atoms with Gasteiger partial charge in [0.25, 0.3) is 0 Å². The molecule has 1 N–H and O–H groups in total. The maximum Gasteiger partial charge on any atom is 0.227 e. The van der Waals surface area contributed by atoms with Gasteiger partial charge in [0.1, 0.15) is 0 Å². The van der Waals surface area contributed by atoms with Crippen molar-refractivity contribution in [3.8, 4) is 0 Å². The van der Waals surface area contributed by atoms with Crippen molar-refractivity contribution in [2.75, 3.05) is 11.4 Å². The van der Waals surface area contributed by atoms with Gasteiger partial charge >= 0.3 is 0 Å². The molecule has 1 aliphatic heterocycles. The Hall–Kier alpha value is -1.84. The Labute approximate surface area is 131 Å². The van der Waals surface area contributed by atoms with Gasteiger partial charge in [-0.2, -0.15) is 0 Å². The number of carbonyl (C=O) groups is 2. The third-order valence-electron chi connectivity index (χ3n) is 5.06. The molecule has 1 atom stereocenters. The molecule has 0 radical (unpaired) electrons. The zero-order valence-electron chi connectivity index (χ0n) is 13.4. The summed E-state index contributed by atoms with van der Waals surface area (Å²) in [4.78, 5) is 26.5. The van der Waals surface area contributed by atoms with Crippen LogP contribution in [0, 0.1) is 19.8 Å². The Morgan fingerprint density at radius 2 is 1.95 bits per heavy atom. The van der Waals surface area contributed by atoms with Crippen molar-refractivity contribution in [1.29, 1.82) is 0 Å². The van der Waals surface area contributed by atoms with E-state index in [2.05, 4.69) is 5.32 Å². The molecule has 0 aromatic heterocycles. The van der Waals surface area contributed by atoms with E-state index < -0.39 is 0 Å². The largest absolute Gasteiger partial charge is 0.353 e. The molecular weight excluding hydrogens is 276 g/mol. The van der Waals surface area contributed by atoms with Crippen molar-refractivity contribution in [2.45, 2.75) is 52.0 Å². The lowest BCUT2D eigenvalue weighted by Gasteiger charge is -2.20. The summed E-state index contributed by atoms with van der Waals surface area (Å²) in [6.07, 6.45) is 4.87. The lowest BCUT2D eigenvalue weighted by molar-refractivity contribution is -0.126. The van der Waals surface area contributed by atoms with Gasteiger partial charge in [-0.1, -0.05) is 25.0 Å². The zero-order chi connectivity index (χ0) is 15.7. The van der Waals surface area contributed by atoms with Crippen LogP contribution in [-0.4, -0.2) is 24.4 Å². The van der Waals surface area contributed by atoms with E-state index >= 15 is 0 Å². The number of anilines is 1. The lowest BCUT2D eigenvalue weighted by Crippen LogP contribution is -2.38. The summed E-state index contributed by atoms with van der Waals surface area (Å²) >= 11 is 0. The molecule has 1 aromatic carbocycles. The second-order valence-corrected chi connectivity index (χ2v) is 6.61. The van der Waals surface area contributed by atoms with Crippen molar-refractivity contribution >= 4 is 17.5 Å². The van der Waals surface area contributed by atoms with Gasteiger partial charge in [-0.15, -0.1) is 0 Å². The van der Waals surface area contributed by atoms with Gasteiger partial charge in [0.05, 0.1) is 5.92 Å². The van der Waals surface area contributed by atoms with E-state index in [1.54, 1.807) is 4.90 Å².